The molecule has 0 saturated carbocycles. The Labute approximate surface area is 149 Å². The standard InChI is InChI=1S/C19H28N2O4/c1-18(2,3)25-17(24)20-19(16(22)23)11-13-21(14-19)12-7-10-15-8-5-4-6-9-15/h4-6,8-9H,7,10-14H2,1-3H3,(H,20,24)(H,22,23). The number of nitrogens with zero attached hydrogens (tertiary/aromatic N) is 1. The van der Waals surface area contributed by atoms with Crippen LogP contribution in [-0.4, -0.2) is 52.8 Å². The highest BCUT2D eigenvalue weighted by atomic mass is 16.6. The van der Waals surface area contributed by atoms with E-state index < -0.39 is 23.2 Å². The summed E-state index contributed by atoms with van der Waals surface area (Å²) >= 11 is 0. The lowest BCUT2D eigenvalue weighted by atomic mass is 9.99. The number of rotatable bonds is 6. The fraction of sp³-hybridized carbons (Fsp3) is 0.579. The summed E-state index contributed by atoms with van der Waals surface area (Å²) in [5.74, 6) is -1.01. The number of carbonyl (C=O) groups is 2. The van der Waals surface area contributed by atoms with E-state index in [1.54, 1.807) is 20.8 Å². The Hall–Kier alpha value is -2.08. The van der Waals surface area contributed by atoms with Crippen molar-refractivity contribution in [3.05, 3.63) is 35.9 Å². The summed E-state index contributed by atoms with van der Waals surface area (Å²) in [5, 5.41) is 12.2. The van der Waals surface area contributed by atoms with Gasteiger partial charge in [-0.15, -0.1) is 0 Å². The van der Waals surface area contributed by atoms with E-state index in [9.17, 15) is 14.7 Å². The number of carboxylic acids is 1. The maximum Gasteiger partial charge on any atom is 0.408 e. The summed E-state index contributed by atoms with van der Waals surface area (Å²) in [6.45, 7) is 7.02. The number of benzene rings is 1. The number of carbonyl (C=O) groups excluding carboxylic acids is 1. The summed E-state index contributed by atoms with van der Waals surface area (Å²) in [5.41, 5.74) is -0.648. The number of alkyl carbamates (subject to hydrolysis) is 1. The molecule has 0 radical (unpaired) electrons. The largest absolute Gasteiger partial charge is 0.479 e. The number of likely N-dealkylation sites (tertiary alicyclic amines) is 1. The number of nitrogens with one attached hydrogen (secondary N) is 1. The minimum Gasteiger partial charge on any atom is -0.479 e. The second-order valence-corrected chi connectivity index (χ2v) is 7.63. The summed E-state index contributed by atoms with van der Waals surface area (Å²) in [7, 11) is 0. The molecule has 0 bridgehead atoms. The molecule has 0 aliphatic carbocycles. The van der Waals surface area contributed by atoms with E-state index in [4.69, 9.17) is 4.74 Å². The lowest BCUT2D eigenvalue weighted by molar-refractivity contribution is -0.144. The second kappa shape index (κ2) is 7.87. The lowest BCUT2D eigenvalue weighted by Crippen LogP contribution is -2.57. The van der Waals surface area contributed by atoms with Crippen molar-refractivity contribution >= 4 is 12.1 Å². The zero-order valence-corrected chi connectivity index (χ0v) is 15.2. The molecule has 0 aromatic heterocycles. The van der Waals surface area contributed by atoms with Crippen molar-refractivity contribution in [2.45, 2.75) is 51.2 Å². The molecule has 25 heavy (non-hydrogen) atoms. The van der Waals surface area contributed by atoms with Gasteiger partial charge in [-0.05, 0) is 52.1 Å². The molecule has 2 rings (SSSR count). The van der Waals surface area contributed by atoms with Crippen molar-refractivity contribution in [2.75, 3.05) is 19.6 Å². The highest BCUT2D eigenvalue weighted by Crippen LogP contribution is 2.23. The van der Waals surface area contributed by atoms with Gasteiger partial charge < -0.3 is 20.1 Å². The molecule has 6 nitrogen and oxygen atoms in total. The van der Waals surface area contributed by atoms with Gasteiger partial charge in [0, 0.05) is 13.1 Å². The molecule has 1 amide bonds. The van der Waals surface area contributed by atoms with Crippen LogP contribution in [0.5, 0.6) is 0 Å². The Morgan fingerprint density at radius 2 is 1.96 bits per heavy atom. The van der Waals surface area contributed by atoms with Crippen LogP contribution in [0.4, 0.5) is 4.79 Å². The van der Waals surface area contributed by atoms with Crippen LogP contribution in [0.25, 0.3) is 0 Å². The first kappa shape index (κ1) is 19.2. The number of carboxylic acid groups (broad SMARTS) is 1. The highest BCUT2D eigenvalue weighted by Gasteiger charge is 2.46. The van der Waals surface area contributed by atoms with Crippen LogP contribution >= 0.6 is 0 Å². The Kier molecular flexibility index (Phi) is 6.06. The van der Waals surface area contributed by atoms with Crippen molar-refractivity contribution in [3.8, 4) is 0 Å². The molecule has 1 aromatic carbocycles. The monoisotopic (exact) mass is 348 g/mol. The van der Waals surface area contributed by atoms with Gasteiger partial charge in [0.25, 0.3) is 0 Å². The van der Waals surface area contributed by atoms with Crippen LogP contribution in [0.15, 0.2) is 30.3 Å². The maximum atomic E-state index is 12.0. The van der Waals surface area contributed by atoms with E-state index in [-0.39, 0.29) is 0 Å². The maximum absolute atomic E-state index is 12.0. The average molecular weight is 348 g/mol. The molecular formula is C19H28N2O4. The fourth-order valence-electron chi connectivity index (χ4n) is 3.06. The van der Waals surface area contributed by atoms with Crippen molar-refractivity contribution < 1.29 is 19.4 Å². The predicted molar refractivity (Wildman–Crippen MR) is 95.6 cm³/mol. The molecule has 1 saturated heterocycles. The van der Waals surface area contributed by atoms with E-state index in [2.05, 4.69) is 22.3 Å². The van der Waals surface area contributed by atoms with Gasteiger partial charge >= 0.3 is 12.1 Å². The second-order valence-electron chi connectivity index (χ2n) is 7.63. The molecule has 2 N–H and O–H groups in total. The SMILES string of the molecule is CC(C)(C)OC(=O)NC1(C(=O)O)CCN(CCCc2ccccc2)C1. The van der Waals surface area contributed by atoms with Gasteiger partial charge in [0.15, 0.2) is 5.54 Å². The fourth-order valence-corrected chi connectivity index (χ4v) is 3.06. The number of aliphatic carboxylic acids is 1. The molecule has 1 atom stereocenters. The van der Waals surface area contributed by atoms with Gasteiger partial charge in [0.1, 0.15) is 5.60 Å². The third kappa shape index (κ3) is 5.74. The number of hydrogen-bond donors (Lipinski definition) is 2. The van der Waals surface area contributed by atoms with Crippen LogP contribution in [0.1, 0.15) is 39.2 Å². The van der Waals surface area contributed by atoms with Crippen LogP contribution in [0.2, 0.25) is 0 Å². The average Bonchev–Trinajstić information content (AvgIpc) is 2.91. The van der Waals surface area contributed by atoms with E-state index >= 15 is 0 Å². The van der Waals surface area contributed by atoms with Gasteiger partial charge in [0.2, 0.25) is 0 Å². The van der Waals surface area contributed by atoms with Gasteiger partial charge in [-0.25, -0.2) is 9.59 Å². The molecule has 1 heterocycles. The molecule has 6 heteroatoms. The summed E-state index contributed by atoms with van der Waals surface area (Å²) in [6, 6.07) is 10.2. The first-order valence-electron chi connectivity index (χ1n) is 8.71. The molecule has 1 aliphatic heterocycles. The smallest absolute Gasteiger partial charge is 0.408 e. The number of amides is 1. The molecule has 1 aliphatic rings. The van der Waals surface area contributed by atoms with Gasteiger partial charge in [-0.3, -0.25) is 0 Å². The normalized spacial score (nSPS) is 21.1. The molecule has 1 fully saturated rings. The van der Waals surface area contributed by atoms with E-state index in [1.807, 2.05) is 18.2 Å². The first-order chi connectivity index (χ1) is 11.7. The summed E-state index contributed by atoms with van der Waals surface area (Å²) < 4.78 is 5.22. The minimum atomic E-state index is -1.27. The van der Waals surface area contributed by atoms with Gasteiger partial charge in [-0.1, -0.05) is 30.3 Å². The van der Waals surface area contributed by atoms with Gasteiger partial charge in [0.05, 0.1) is 0 Å². The summed E-state index contributed by atoms with van der Waals surface area (Å²) in [4.78, 5) is 25.9. The molecule has 0 spiro atoms. The zero-order valence-electron chi connectivity index (χ0n) is 15.2. The number of hydrogen-bond acceptors (Lipinski definition) is 4. The van der Waals surface area contributed by atoms with Gasteiger partial charge in [-0.2, -0.15) is 0 Å². The van der Waals surface area contributed by atoms with E-state index in [0.29, 0.717) is 19.5 Å². The molecule has 1 aromatic rings. The van der Waals surface area contributed by atoms with Crippen LogP contribution in [0, 0.1) is 0 Å². The minimum absolute atomic E-state index is 0.302. The van der Waals surface area contributed by atoms with Crippen LogP contribution in [-0.2, 0) is 16.0 Å². The predicted octanol–water partition coefficient (Wildman–Crippen LogP) is 2.67. The van der Waals surface area contributed by atoms with Crippen LogP contribution < -0.4 is 5.32 Å². The third-order valence-corrected chi connectivity index (χ3v) is 4.28. The van der Waals surface area contributed by atoms with Crippen molar-refractivity contribution in [3.63, 3.8) is 0 Å². The summed E-state index contributed by atoms with van der Waals surface area (Å²) in [6.07, 6.45) is 1.61. The highest BCUT2D eigenvalue weighted by molar-refractivity contribution is 5.85. The number of aryl methyl sites for hydroxylation is 1. The Balaban J connectivity index is 1.87. The van der Waals surface area contributed by atoms with Crippen LogP contribution in [0.3, 0.4) is 0 Å². The third-order valence-electron chi connectivity index (χ3n) is 4.28. The van der Waals surface area contributed by atoms with E-state index in [0.717, 1.165) is 19.4 Å². The lowest BCUT2D eigenvalue weighted by Gasteiger charge is -2.28. The Bertz CT molecular complexity index is 597. The van der Waals surface area contributed by atoms with E-state index in [1.165, 1.54) is 5.56 Å². The molecule has 138 valence electrons. The van der Waals surface area contributed by atoms with Crippen molar-refractivity contribution in [1.82, 2.24) is 10.2 Å². The quantitative estimate of drug-likeness (QED) is 0.826. The van der Waals surface area contributed by atoms with Crippen molar-refractivity contribution in [2.24, 2.45) is 0 Å². The zero-order chi connectivity index (χ0) is 18.5. The Morgan fingerprint density at radius 3 is 2.56 bits per heavy atom. The number of ether oxygens (including phenoxy) is 1. The Morgan fingerprint density at radius 1 is 1.28 bits per heavy atom. The topological polar surface area (TPSA) is 78.9 Å². The molecule has 1 unspecified atom stereocenters. The van der Waals surface area contributed by atoms with Crippen molar-refractivity contribution in [1.29, 1.82) is 0 Å². The molecular weight excluding hydrogens is 320 g/mol. The first-order valence-corrected chi connectivity index (χ1v) is 8.71.